The maximum Gasteiger partial charge on any atom is 0.209 e. The van der Waals surface area contributed by atoms with Gasteiger partial charge in [0.1, 0.15) is 17.7 Å². The summed E-state index contributed by atoms with van der Waals surface area (Å²) in [5, 5.41) is 24.3. The zero-order valence-corrected chi connectivity index (χ0v) is 17.8. The minimum Gasteiger partial charge on any atom is -0.389 e. The quantitative estimate of drug-likeness (QED) is 0.536. The van der Waals surface area contributed by atoms with Crippen LogP contribution in [0.3, 0.4) is 0 Å². The maximum atomic E-state index is 13.7. The highest BCUT2D eigenvalue weighted by Gasteiger charge is 2.74. The molecule has 2 fully saturated rings. The van der Waals surface area contributed by atoms with Gasteiger partial charge in [-0.05, 0) is 55.9 Å². The van der Waals surface area contributed by atoms with Gasteiger partial charge in [0.05, 0.1) is 23.9 Å². The molecule has 3 aromatic rings. The van der Waals surface area contributed by atoms with Crippen molar-refractivity contribution in [2.75, 3.05) is 12.4 Å². The van der Waals surface area contributed by atoms with E-state index in [1.165, 1.54) is 19.1 Å². The number of imidazole rings is 1. The second-order valence-corrected chi connectivity index (χ2v) is 8.57. The number of fused-ring (bicyclic) bond motifs is 2. The Kier molecular flexibility index (Phi) is 4.55. The van der Waals surface area contributed by atoms with Crippen molar-refractivity contribution < 1.29 is 19.4 Å². The number of benzene rings is 1. The number of aliphatic hydroxyl groups is 2. The molecule has 0 spiro atoms. The SMILES string of the molecule is CNc1nc(C#Cc2cc(C)cc(F)c2)nc2c1ncn2[C@@H]1C2C[C@@]2(C(C)=O)C(O)[C@H]1O. The van der Waals surface area contributed by atoms with Crippen molar-refractivity contribution in [1.29, 1.82) is 0 Å². The van der Waals surface area contributed by atoms with Crippen molar-refractivity contribution in [3.05, 3.63) is 47.3 Å². The number of halogens is 1. The van der Waals surface area contributed by atoms with Gasteiger partial charge in [0.15, 0.2) is 17.0 Å². The van der Waals surface area contributed by atoms with E-state index in [2.05, 4.69) is 32.1 Å². The Morgan fingerprint density at radius 1 is 1.28 bits per heavy atom. The molecule has 0 saturated heterocycles. The van der Waals surface area contributed by atoms with Crippen molar-refractivity contribution in [3.8, 4) is 11.8 Å². The Bertz CT molecular complexity index is 1310. The van der Waals surface area contributed by atoms with Gasteiger partial charge in [-0.2, -0.15) is 0 Å². The lowest BCUT2D eigenvalue weighted by Crippen LogP contribution is -2.36. The van der Waals surface area contributed by atoms with E-state index in [1.54, 1.807) is 30.9 Å². The van der Waals surface area contributed by atoms with E-state index in [0.29, 0.717) is 29.0 Å². The number of hydrogen-bond acceptors (Lipinski definition) is 7. The molecule has 2 aromatic heterocycles. The first-order valence-electron chi connectivity index (χ1n) is 10.3. The van der Waals surface area contributed by atoms with E-state index in [-0.39, 0.29) is 23.3 Å². The first kappa shape index (κ1) is 20.5. The largest absolute Gasteiger partial charge is 0.389 e. The summed E-state index contributed by atoms with van der Waals surface area (Å²) in [6.45, 7) is 3.24. The second-order valence-electron chi connectivity index (χ2n) is 8.57. The highest BCUT2D eigenvalue weighted by molar-refractivity contribution is 5.88. The molecule has 2 aliphatic rings. The van der Waals surface area contributed by atoms with Gasteiger partial charge < -0.3 is 20.1 Å². The summed E-state index contributed by atoms with van der Waals surface area (Å²) < 4.78 is 15.4. The van der Waals surface area contributed by atoms with Gasteiger partial charge in [0.25, 0.3) is 0 Å². The fourth-order valence-corrected chi connectivity index (χ4v) is 5.07. The average molecular weight is 435 g/mol. The first-order valence-corrected chi connectivity index (χ1v) is 10.3. The third-order valence-corrected chi connectivity index (χ3v) is 6.67. The third-order valence-electron chi connectivity index (χ3n) is 6.67. The summed E-state index contributed by atoms with van der Waals surface area (Å²) in [6.07, 6.45) is -0.190. The maximum absolute atomic E-state index is 13.7. The van der Waals surface area contributed by atoms with Crippen LogP contribution in [0, 0.1) is 35.9 Å². The number of aryl methyl sites for hydroxylation is 1. The van der Waals surface area contributed by atoms with Gasteiger partial charge in [0.2, 0.25) is 5.82 Å². The van der Waals surface area contributed by atoms with E-state index in [4.69, 9.17) is 0 Å². The Labute approximate surface area is 183 Å². The molecule has 5 rings (SSSR count). The number of nitrogens with one attached hydrogen (secondary N) is 1. The molecule has 0 aliphatic heterocycles. The van der Waals surface area contributed by atoms with Crippen molar-refractivity contribution in [3.63, 3.8) is 0 Å². The van der Waals surface area contributed by atoms with Crippen LogP contribution in [0.4, 0.5) is 10.2 Å². The molecule has 32 heavy (non-hydrogen) atoms. The molecule has 2 heterocycles. The standard InChI is InChI=1S/C23H22FN5O3/c1-11-6-13(8-14(24)7-11)4-5-16-27-21(25-3)17-22(28-16)29(10-26-17)18-15-9-23(15,12(2)30)20(32)19(18)31/h6-8,10,15,18-20,31-32H,9H2,1-3H3,(H,25,27,28)/t15?,18-,19+,20?,23+/m1/s1. The number of anilines is 1. The molecule has 8 nitrogen and oxygen atoms in total. The molecule has 2 unspecified atom stereocenters. The summed E-state index contributed by atoms with van der Waals surface area (Å²) in [5.41, 5.74) is 1.28. The predicted molar refractivity (Wildman–Crippen MR) is 114 cm³/mol. The first-order chi connectivity index (χ1) is 15.3. The lowest BCUT2D eigenvalue weighted by atomic mass is 9.95. The number of hydrogen-bond donors (Lipinski definition) is 3. The number of rotatable bonds is 3. The molecule has 164 valence electrons. The Morgan fingerprint density at radius 3 is 2.72 bits per heavy atom. The molecule has 1 aromatic carbocycles. The fraction of sp³-hybridized carbons (Fsp3) is 0.391. The number of carbonyl (C=O) groups is 1. The number of aliphatic hydroxyl groups excluding tert-OH is 2. The van der Waals surface area contributed by atoms with Crippen molar-refractivity contribution in [2.45, 2.75) is 38.5 Å². The third kappa shape index (κ3) is 2.91. The van der Waals surface area contributed by atoms with Gasteiger partial charge in [-0.15, -0.1) is 0 Å². The van der Waals surface area contributed by atoms with Crippen LogP contribution >= 0.6 is 0 Å². The number of carbonyl (C=O) groups excluding carboxylic acids is 1. The average Bonchev–Trinajstić information content (AvgIpc) is 3.29. The Hall–Kier alpha value is -3.35. The van der Waals surface area contributed by atoms with Crippen LogP contribution < -0.4 is 5.32 Å². The topological polar surface area (TPSA) is 113 Å². The number of nitrogens with zero attached hydrogens (tertiary/aromatic N) is 4. The van der Waals surface area contributed by atoms with E-state index >= 15 is 0 Å². The lowest BCUT2D eigenvalue weighted by Gasteiger charge is -2.23. The minimum absolute atomic E-state index is 0.122. The van der Waals surface area contributed by atoms with Gasteiger partial charge in [-0.3, -0.25) is 4.79 Å². The molecule has 9 heteroatoms. The summed E-state index contributed by atoms with van der Waals surface area (Å²) in [4.78, 5) is 25.5. The highest BCUT2D eigenvalue weighted by Crippen LogP contribution is 2.68. The van der Waals surface area contributed by atoms with Gasteiger partial charge >= 0.3 is 0 Å². The van der Waals surface area contributed by atoms with Crippen LogP contribution in [0.1, 0.15) is 36.3 Å². The smallest absolute Gasteiger partial charge is 0.209 e. The summed E-state index contributed by atoms with van der Waals surface area (Å²) in [6, 6.07) is 3.99. The van der Waals surface area contributed by atoms with Crippen LogP contribution in [-0.4, -0.2) is 54.8 Å². The monoisotopic (exact) mass is 435 g/mol. The molecular weight excluding hydrogens is 413 g/mol. The van der Waals surface area contributed by atoms with Crippen LogP contribution in [0.2, 0.25) is 0 Å². The lowest BCUT2D eigenvalue weighted by molar-refractivity contribution is -0.128. The Balaban J connectivity index is 1.59. The zero-order chi connectivity index (χ0) is 22.8. The fourth-order valence-electron chi connectivity index (χ4n) is 5.07. The second kappa shape index (κ2) is 7.08. The molecule has 0 radical (unpaired) electrons. The molecule has 0 amide bonds. The molecule has 2 saturated carbocycles. The predicted octanol–water partition coefficient (Wildman–Crippen LogP) is 1.59. The van der Waals surface area contributed by atoms with E-state index in [0.717, 1.165) is 5.56 Å². The summed E-state index contributed by atoms with van der Waals surface area (Å²) in [5.74, 6) is 5.73. The molecule has 2 aliphatic carbocycles. The normalized spacial score (nSPS) is 28.2. The highest BCUT2D eigenvalue weighted by atomic mass is 19.1. The Morgan fingerprint density at radius 2 is 2.06 bits per heavy atom. The van der Waals surface area contributed by atoms with Crippen molar-refractivity contribution >= 4 is 22.8 Å². The van der Waals surface area contributed by atoms with Gasteiger partial charge in [-0.25, -0.2) is 19.3 Å². The number of Topliss-reactive ketones (excluding diaryl/α,β-unsaturated/α-hetero) is 1. The number of ketones is 1. The summed E-state index contributed by atoms with van der Waals surface area (Å²) in [7, 11) is 1.70. The molecule has 3 N–H and O–H groups in total. The molecule has 5 atom stereocenters. The van der Waals surface area contributed by atoms with E-state index < -0.39 is 23.7 Å². The van der Waals surface area contributed by atoms with E-state index in [1.807, 2.05) is 0 Å². The van der Waals surface area contributed by atoms with Crippen LogP contribution in [-0.2, 0) is 4.79 Å². The van der Waals surface area contributed by atoms with Crippen molar-refractivity contribution in [2.24, 2.45) is 11.3 Å². The zero-order valence-electron chi connectivity index (χ0n) is 17.8. The van der Waals surface area contributed by atoms with Crippen LogP contribution in [0.25, 0.3) is 11.2 Å². The van der Waals surface area contributed by atoms with Crippen LogP contribution in [0.5, 0.6) is 0 Å². The van der Waals surface area contributed by atoms with Gasteiger partial charge in [-0.1, -0.05) is 5.92 Å². The number of aromatic nitrogens is 4. The van der Waals surface area contributed by atoms with E-state index in [9.17, 15) is 19.4 Å². The summed E-state index contributed by atoms with van der Waals surface area (Å²) >= 11 is 0. The van der Waals surface area contributed by atoms with Gasteiger partial charge in [0, 0.05) is 12.6 Å². The van der Waals surface area contributed by atoms with Crippen molar-refractivity contribution in [1.82, 2.24) is 19.5 Å². The molecule has 0 bridgehead atoms. The minimum atomic E-state index is -1.13. The molecular formula is C23H22FN5O3. The van der Waals surface area contributed by atoms with Crippen LogP contribution in [0.15, 0.2) is 24.5 Å².